The average molecular weight is 310 g/mol. The van der Waals surface area contributed by atoms with Crippen molar-refractivity contribution in [2.75, 3.05) is 13.2 Å². The summed E-state index contributed by atoms with van der Waals surface area (Å²) in [6, 6.07) is 5.54. The molecule has 0 atom stereocenters. The second-order valence-corrected chi connectivity index (χ2v) is 6.23. The molecule has 114 valence electrons. The molecule has 1 heterocycles. The first-order valence-electron chi connectivity index (χ1n) is 7.43. The van der Waals surface area contributed by atoms with Gasteiger partial charge in [0.2, 0.25) is 0 Å². The average Bonchev–Trinajstić information content (AvgIpc) is 2.93. The lowest BCUT2D eigenvalue weighted by molar-refractivity contribution is -0.179. The highest BCUT2D eigenvalue weighted by Crippen LogP contribution is 2.35. The van der Waals surface area contributed by atoms with E-state index in [4.69, 9.17) is 21.1 Å². The third kappa shape index (κ3) is 3.23. The molecule has 1 aliphatic heterocycles. The van der Waals surface area contributed by atoms with Crippen molar-refractivity contribution < 1.29 is 14.3 Å². The second kappa shape index (κ2) is 5.95. The Kier molecular flexibility index (Phi) is 4.20. The number of benzene rings is 1. The molecule has 1 aromatic carbocycles. The fourth-order valence-electron chi connectivity index (χ4n) is 3.04. The number of nitrogens with one attached hydrogen (secondary N) is 1. The number of halogens is 1. The number of hydrogen-bond donors (Lipinski definition) is 1. The zero-order valence-corrected chi connectivity index (χ0v) is 12.9. The summed E-state index contributed by atoms with van der Waals surface area (Å²) in [7, 11) is 0. The van der Waals surface area contributed by atoms with Gasteiger partial charge in [-0.05, 0) is 43.5 Å². The van der Waals surface area contributed by atoms with E-state index in [1.165, 1.54) is 0 Å². The molecule has 0 aromatic heterocycles. The fraction of sp³-hybridized carbons (Fsp3) is 0.562. The van der Waals surface area contributed by atoms with Gasteiger partial charge < -0.3 is 14.8 Å². The molecule has 0 unspecified atom stereocenters. The van der Waals surface area contributed by atoms with E-state index >= 15 is 0 Å². The second-order valence-electron chi connectivity index (χ2n) is 5.82. The molecule has 21 heavy (non-hydrogen) atoms. The van der Waals surface area contributed by atoms with E-state index in [-0.39, 0.29) is 17.7 Å². The molecule has 1 aliphatic carbocycles. The maximum Gasteiger partial charge on any atom is 0.251 e. The molecule has 1 saturated heterocycles. The van der Waals surface area contributed by atoms with E-state index in [0.29, 0.717) is 23.8 Å². The van der Waals surface area contributed by atoms with Crippen molar-refractivity contribution in [2.45, 2.75) is 44.4 Å². The van der Waals surface area contributed by atoms with Crippen LogP contribution in [-0.4, -0.2) is 30.9 Å². The minimum atomic E-state index is -0.377. The molecule has 2 aliphatic rings. The number of ether oxygens (including phenoxy) is 2. The van der Waals surface area contributed by atoms with E-state index in [1.807, 2.05) is 13.0 Å². The third-order valence-electron chi connectivity index (χ3n) is 4.32. The topological polar surface area (TPSA) is 47.6 Å². The summed E-state index contributed by atoms with van der Waals surface area (Å²) in [5, 5.41) is 3.78. The van der Waals surface area contributed by atoms with Crippen molar-refractivity contribution in [1.82, 2.24) is 5.32 Å². The highest BCUT2D eigenvalue weighted by Gasteiger charge is 2.40. The molecule has 1 N–H and O–H groups in total. The Labute approximate surface area is 129 Å². The van der Waals surface area contributed by atoms with Gasteiger partial charge in [0.25, 0.3) is 5.91 Å². The molecule has 3 rings (SSSR count). The van der Waals surface area contributed by atoms with E-state index in [9.17, 15) is 4.79 Å². The Balaban J connectivity index is 1.57. The van der Waals surface area contributed by atoms with Crippen LogP contribution in [0.25, 0.3) is 0 Å². The summed E-state index contributed by atoms with van der Waals surface area (Å²) in [6.45, 7) is 3.26. The normalized spacial score (nSPS) is 21.6. The highest BCUT2D eigenvalue weighted by molar-refractivity contribution is 6.31. The number of carbonyl (C=O) groups excluding carboxylic acids is 1. The van der Waals surface area contributed by atoms with Crippen LogP contribution < -0.4 is 5.32 Å². The SMILES string of the molecule is Cc1cc(C(=O)NC2CCC3(CC2)OCCO3)ccc1Cl. The standard InChI is InChI=1S/C16H20ClNO3/c1-11-10-12(2-3-14(11)17)15(19)18-13-4-6-16(7-5-13)20-8-9-21-16/h2-3,10,13H,4-9H2,1H3,(H,18,19). The van der Waals surface area contributed by atoms with E-state index < -0.39 is 0 Å². The summed E-state index contributed by atoms with van der Waals surface area (Å²) in [6.07, 6.45) is 3.46. The van der Waals surface area contributed by atoms with Gasteiger partial charge in [-0.25, -0.2) is 0 Å². The van der Waals surface area contributed by atoms with Gasteiger partial charge in [-0.2, -0.15) is 0 Å². The first kappa shape index (κ1) is 14.8. The van der Waals surface area contributed by atoms with Crippen LogP contribution >= 0.6 is 11.6 Å². The molecule has 1 aromatic rings. The van der Waals surface area contributed by atoms with Gasteiger partial charge in [-0.3, -0.25) is 4.79 Å². The van der Waals surface area contributed by atoms with Gasteiger partial charge >= 0.3 is 0 Å². The van der Waals surface area contributed by atoms with Gasteiger partial charge in [-0.1, -0.05) is 11.6 Å². The van der Waals surface area contributed by atoms with Crippen LogP contribution in [0.1, 0.15) is 41.6 Å². The van der Waals surface area contributed by atoms with Gasteiger partial charge in [0, 0.05) is 29.5 Å². The Morgan fingerprint density at radius 2 is 1.95 bits per heavy atom. The summed E-state index contributed by atoms with van der Waals surface area (Å²) >= 11 is 5.99. The van der Waals surface area contributed by atoms with Crippen molar-refractivity contribution in [2.24, 2.45) is 0 Å². The largest absolute Gasteiger partial charge is 0.349 e. The summed E-state index contributed by atoms with van der Waals surface area (Å²) in [5.41, 5.74) is 1.57. The number of aryl methyl sites for hydroxylation is 1. The Morgan fingerprint density at radius 3 is 2.57 bits per heavy atom. The Morgan fingerprint density at radius 1 is 1.29 bits per heavy atom. The predicted molar refractivity (Wildman–Crippen MR) is 80.5 cm³/mol. The monoisotopic (exact) mass is 309 g/mol. The highest BCUT2D eigenvalue weighted by atomic mass is 35.5. The van der Waals surface area contributed by atoms with Crippen molar-refractivity contribution in [3.8, 4) is 0 Å². The summed E-state index contributed by atoms with van der Waals surface area (Å²) in [4.78, 5) is 12.3. The van der Waals surface area contributed by atoms with Crippen LogP contribution in [0.15, 0.2) is 18.2 Å². The van der Waals surface area contributed by atoms with E-state index in [0.717, 1.165) is 31.2 Å². The maximum absolute atomic E-state index is 12.3. The molecule has 1 spiro atoms. The zero-order chi connectivity index (χ0) is 14.9. The molecule has 1 saturated carbocycles. The lowest BCUT2D eigenvalue weighted by Gasteiger charge is -2.35. The summed E-state index contributed by atoms with van der Waals surface area (Å²) < 4.78 is 11.4. The van der Waals surface area contributed by atoms with Crippen LogP contribution in [0.5, 0.6) is 0 Å². The van der Waals surface area contributed by atoms with E-state index in [2.05, 4.69) is 5.32 Å². The smallest absolute Gasteiger partial charge is 0.251 e. The van der Waals surface area contributed by atoms with Crippen molar-refractivity contribution >= 4 is 17.5 Å². The number of carbonyl (C=O) groups is 1. The molecular weight excluding hydrogens is 290 g/mol. The molecule has 2 fully saturated rings. The van der Waals surface area contributed by atoms with Gasteiger partial charge in [0.05, 0.1) is 13.2 Å². The van der Waals surface area contributed by atoms with Crippen molar-refractivity contribution in [1.29, 1.82) is 0 Å². The van der Waals surface area contributed by atoms with Crippen LogP contribution in [0.2, 0.25) is 5.02 Å². The fourth-order valence-corrected chi connectivity index (χ4v) is 3.16. The van der Waals surface area contributed by atoms with Crippen LogP contribution in [-0.2, 0) is 9.47 Å². The quantitative estimate of drug-likeness (QED) is 0.913. The maximum atomic E-state index is 12.3. The first-order chi connectivity index (χ1) is 10.1. The number of hydrogen-bond acceptors (Lipinski definition) is 3. The lowest BCUT2D eigenvalue weighted by atomic mass is 9.90. The molecule has 0 bridgehead atoms. The van der Waals surface area contributed by atoms with Crippen LogP contribution in [0.3, 0.4) is 0 Å². The zero-order valence-electron chi connectivity index (χ0n) is 12.2. The van der Waals surface area contributed by atoms with Crippen LogP contribution in [0, 0.1) is 6.92 Å². The molecule has 0 radical (unpaired) electrons. The third-order valence-corrected chi connectivity index (χ3v) is 4.74. The van der Waals surface area contributed by atoms with E-state index in [1.54, 1.807) is 12.1 Å². The minimum Gasteiger partial charge on any atom is -0.349 e. The van der Waals surface area contributed by atoms with Crippen molar-refractivity contribution in [3.05, 3.63) is 34.3 Å². The Bertz CT molecular complexity index is 530. The van der Waals surface area contributed by atoms with Crippen molar-refractivity contribution in [3.63, 3.8) is 0 Å². The number of rotatable bonds is 2. The Hall–Kier alpha value is -1.10. The first-order valence-corrected chi connectivity index (χ1v) is 7.81. The molecule has 5 heteroatoms. The predicted octanol–water partition coefficient (Wildman–Crippen LogP) is 3.06. The summed E-state index contributed by atoms with van der Waals surface area (Å²) in [5.74, 6) is -0.415. The van der Waals surface area contributed by atoms with Gasteiger partial charge in [0.15, 0.2) is 5.79 Å². The molecule has 1 amide bonds. The van der Waals surface area contributed by atoms with Crippen LogP contribution in [0.4, 0.5) is 0 Å². The van der Waals surface area contributed by atoms with Gasteiger partial charge in [0.1, 0.15) is 0 Å². The van der Waals surface area contributed by atoms with Gasteiger partial charge in [-0.15, -0.1) is 0 Å². The minimum absolute atomic E-state index is 0.0380. The molecular formula is C16H20ClNO3. The lowest BCUT2D eigenvalue weighted by Crippen LogP contribution is -2.44. The number of amides is 1. The molecule has 4 nitrogen and oxygen atoms in total.